The average molecular weight is 182 g/mol. The maximum atomic E-state index is 5.37. The summed E-state index contributed by atoms with van der Waals surface area (Å²) < 4.78 is 5.37. The quantitative estimate of drug-likeness (QED) is 0.304. The summed E-state index contributed by atoms with van der Waals surface area (Å²) in [6.45, 7) is 6.35. The smallest absolute Gasteiger partial charge is 0.147 e. The highest BCUT2D eigenvalue weighted by molar-refractivity contribution is 8.69. The summed E-state index contributed by atoms with van der Waals surface area (Å²) in [5.41, 5.74) is 0. The van der Waals surface area contributed by atoms with Crippen molar-refractivity contribution in [3.05, 3.63) is 0 Å². The molecule has 1 atom stereocenters. The van der Waals surface area contributed by atoms with Gasteiger partial charge in [0.15, 0.2) is 0 Å². The molecule has 0 spiro atoms. The lowest BCUT2D eigenvalue weighted by Gasteiger charge is -2.29. The zero-order valence-electron chi connectivity index (χ0n) is 6.34. The highest BCUT2D eigenvalue weighted by Crippen LogP contribution is 2.35. The molecule has 0 aliphatic heterocycles. The van der Waals surface area contributed by atoms with Crippen LogP contribution in [0.1, 0.15) is 20.8 Å². The Bertz CT molecular complexity index is 83.0. The molecule has 0 saturated heterocycles. The Balaban J connectivity index is 3.92. The van der Waals surface area contributed by atoms with Gasteiger partial charge in [-0.2, -0.15) is 0 Å². The fourth-order valence-electron chi connectivity index (χ4n) is 0.378. The number of rotatable bonds is 3. The topological polar surface area (TPSA) is 9.23 Å². The van der Waals surface area contributed by atoms with Crippen LogP contribution in [-0.4, -0.2) is 15.4 Å². The van der Waals surface area contributed by atoms with Gasteiger partial charge in [0.25, 0.3) is 0 Å². The normalized spacial score (nSPS) is 18.3. The van der Waals surface area contributed by atoms with Gasteiger partial charge in [-0.1, -0.05) is 24.6 Å². The standard InChI is InChI=1S/C5H14OS2Si/c1-4(2)5(3,6-9)8-7/h4,7H,1-3,9H3. The molecule has 0 radical (unpaired) electrons. The summed E-state index contributed by atoms with van der Waals surface area (Å²) in [6.07, 6.45) is 0. The van der Waals surface area contributed by atoms with E-state index < -0.39 is 0 Å². The van der Waals surface area contributed by atoms with Gasteiger partial charge in [-0.15, -0.1) is 11.7 Å². The molecule has 0 amide bonds. The maximum absolute atomic E-state index is 5.37. The van der Waals surface area contributed by atoms with Crippen LogP contribution in [0.3, 0.4) is 0 Å². The van der Waals surface area contributed by atoms with E-state index in [1.54, 1.807) is 0 Å². The van der Waals surface area contributed by atoms with Crippen molar-refractivity contribution < 1.29 is 4.43 Å². The van der Waals surface area contributed by atoms with E-state index in [0.29, 0.717) is 5.92 Å². The lowest BCUT2D eigenvalue weighted by Crippen LogP contribution is -2.28. The first-order chi connectivity index (χ1) is 4.06. The molecule has 0 rings (SSSR count). The minimum absolute atomic E-state index is 0.0741. The Labute approximate surface area is 69.3 Å². The van der Waals surface area contributed by atoms with E-state index in [2.05, 4.69) is 32.4 Å². The van der Waals surface area contributed by atoms with E-state index in [1.807, 2.05) is 0 Å². The largest absolute Gasteiger partial charge is 0.413 e. The van der Waals surface area contributed by atoms with E-state index in [-0.39, 0.29) is 4.93 Å². The Morgan fingerprint density at radius 1 is 1.67 bits per heavy atom. The predicted molar refractivity (Wildman–Crippen MR) is 50.8 cm³/mol. The summed E-state index contributed by atoms with van der Waals surface area (Å²) in [7, 11) is 2.27. The zero-order valence-corrected chi connectivity index (χ0v) is 10.1. The molecule has 0 heterocycles. The van der Waals surface area contributed by atoms with E-state index in [0.717, 1.165) is 10.5 Å². The molecule has 0 bridgehead atoms. The number of hydrogen-bond acceptors (Lipinski definition) is 3. The van der Waals surface area contributed by atoms with Crippen molar-refractivity contribution in [2.75, 3.05) is 0 Å². The van der Waals surface area contributed by atoms with E-state index >= 15 is 0 Å². The third-order valence-corrected chi connectivity index (χ3v) is 4.87. The highest BCUT2D eigenvalue weighted by atomic mass is 33.1. The molecule has 1 unspecified atom stereocenters. The first-order valence-electron chi connectivity index (χ1n) is 2.94. The van der Waals surface area contributed by atoms with Gasteiger partial charge in [-0.05, 0) is 12.8 Å². The van der Waals surface area contributed by atoms with Crippen LogP contribution < -0.4 is 0 Å². The van der Waals surface area contributed by atoms with Crippen molar-refractivity contribution in [2.45, 2.75) is 25.7 Å². The number of thiol groups is 1. The van der Waals surface area contributed by atoms with Crippen molar-refractivity contribution >= 4 is 32.9 Å². The van der Waals surface area contributed by atoms with Crippen LogP contribution in [0, 0.1) is 5.92 Å². The second-order valence-corrected chi connectivity index (χ2v) is 4.42. The first kappa shape index (κ1) is 9.88. The Morgan fingerprint density at radius 2 is 2.11 bits per heavy atom. The molecule has 9 heavy (non-hydrogen) atoms. The van der Waals surface area contributed by atoms with Crippen LogP contribution >= 0.6 is 22.5 Å². The van der Waals surface area contributed by atoms with E-state index in [1.165, 1.54) is 10.8 Å². The minimum Gasteiger partial charge on any atom is -0.413 e. The van der Waals surface area contributed by atoms with Crippen LogP contribution in [0.2, 0.25) is 0 Å². The molecule has 0 fully saturated rings. The summed E-state index contributed by atoms with van der Waals surface area (Å²) in [4.78, 5) is -0.0741. The van der Waals surface area contributed by atoms with Gasteiger partial charge in [-0.25, -0.2) is 0 Å². The Morgan fingerprint density at radius 3 is 2.11 bits per heavy atom. The second-order valence-electron chi connectivity index (χ2n) is 2.47. The molecule has 0 aliphatic carbocycles. The molecule has 4 heteroatoms. The lowest BCUT2D eigenvalue weighted by molar-refractivity contribution is 0.151. The van der Waals surface area contributed by atoms with Crippen molar-refractivity contribution in [3.8, 4) is 0 Å². The molecule has 1 nitrogen and oxygen atoms in total. The van der Waals surface area contributed by atoms with Crippen LogP contribution in [0.15, 0.2) is 0 Å². The van der Waals surface area contributed by atoms with Crippen molar-refractivity contribution in [1.82, 2.24) is 0 Å². The average Bonchev–Trinajstić information content (AvgIpc) is 1.86. The van der Waals surface area contributed by atoms with Gasteiger partial charge in [0, 0.05) is 0 Å². The number of hydrogen-bond donors (Lipinski definition) is 1. The molecular formula is C5H14OS2Si. The molecule has 0 aromatic carbocycles. The monoisotopic (exact) mass is 182 g/mol. The first-order valence-corrected chi connectivity index (χ1v) is 5.63. The van der Waals surface area contributed by atoms with E-state index in [4.69, 9.17) is 4.43 Å². The van der Waals surface area contributed by atoms with Crippen LogP contribution in [0.4, 0.5) is 0 Å². The van der Waals surface area contributed by atoms with Gasteiger partial charge in [0.05, 0.1) is 0 Å². The summed E-state index contributed by atoms with van der Waals surface area (Å²) >= 11 is 4.13. The zero-order chi connectivity index (χ0) is 7.49. The fraction of sp³-hybridized carbons (Fsp3) is 1.00. The molecule has 0 saturated carbocycles. The lowest BCUT2D eigenvalue weighted by atomic mass is 10.1. The fourth-order valence-corrected chi connectivity index (χ4v) is 2.66. The molecule has 0 aromatic heterocycles. The minimum atomic E-state index is -0.0741. The third kappa shape index (κ3) is 2.53. The molecular weight excluding hydrogens is 168 g/mol. The van der Waals surface area contributed by atoms with Crippen molar-refractivity contribution in [1.29, 1.82) is 0 Å². The molecule has 56 valence electrons. The van der Waals surface area contributed by atoms with Gasteiger partial charge in [0.2, 0.25) is 0 Å². The SMILES string of the molecule is CC(C)C(C)(O[SiH3])SS. The van der Waals surface area contributed by atoms with Gasteiger partial charge < -0.3 is 4.43 Å². The Kier molecular flexibility index (Phi) is 4.28. The van der Waals surface area contributed by atoms with Crippen LogP contribution in [0.5, 0.6) is 0 Å². The van der Waals surface area contributed by atoms with Crippen molar-refractivity contribution in [2.24, 2.45) is 5.92 Å². The van der Waals surface area contributed by atoms with Gasteiger partial charge >= 0.3 is 0 Å². The molecule has 0 N–H and O–H groups in total. The maximum Gasteiger partial charge on any atom is 0.147 e. The van der Waals surface area contributed by atoms with Crippen LogP contribution in [0.25, 0.3) is 0 Å². The van der Waals surface area contributed by atoms with Gasteiger partial charge in [-0.3, -0.25) is 0 Å². The summed E-state index contributed by atoms with van der Waals surface area (Å²) in [5.74, 6) is 0.525. The molecule has 0 aliphatic rings. The van der Waals surface area contributed by atoms with Crippen molar-refractivity contribution in [3.63, 3.8) is 0 Å². The summed E-state index contributed by atoms with van der Waals surface area (Å²) in [6, 6.07) is 0. The second kappa shape index (κ2) is 3.90. The van der Waals surface area contributed by atoms with Gasteiger partial charge in [0.1, 0.15) is 15.4 Å². The summed E-state index contributed by atoms with van der Waals surface area (Å²) in [5, 5.41) is 0. The molecule has 0 aromatic rings. The third-order valence-electron chi connectivity index (χ3n) is 1.64. The van der Waals surface area contributed by atoms with E-state index in [9.17, 15) is 0 Å². The highest BCUT2D eigenvalue weighted by Gasteiger charge is 2.26. The van der Waals surface area contributed by atoms with Crippen LogP contribution in [-0.2, 0) is 4.43 Å². The Hall–Kier alpha value is 0.877. The predicted octanol–water partition coefficient (Wildman–Crippen LogP) is 1.23.